The van der Waals surface area contributed by atoms with Crippen LogP contribution >= 0.6 is 0 Å². The van der Waals surface area contributed by atoms with E-state index in [1.54, 1.807) is 36.4 Å². The topological polar surface area (TPSA) is 75.4 Å². The van der Waals surface area contributed by atoms with Crippen LogP contribution in [-0.2, 0) is 0 Å². The van der Waals surface area contributed by atoms with Crippen molar-refractivity contribution >= 4 is 23.2 Å². The Morgan fingerprint density at radius 2 is 1.81 bits per heavy atom. The lowest BCUT2D eigenvalue weighted by Crippen LogP contribution is -2.26. The number of pyridine rings is 1. The highest BCUT2D eigenvalue weighted by molar-refractivity contribution is 6.02. The van der Waals surface area contributed by atoms with Crippen LogP contribution in [0.4, 0.5) is 16.0 Å². The van der Waals surface area contributed by atoms with Crippen molar-refractivity contribution in [3.05, 3.63) is 72.3 Å². The van der Waals surface area contributed by atoms with Crippen molar-refractivity contribution in [1.82, 2.24) is 19.6 Å². The number of amides is 1. The normalized spacial score (nSPS) is 11.0. The van der Waals surface area contributed by atoms with Crippen LogP contribution in [0.25, 0.3) is 16.9 Å². The zero-order valence-corrected chi connectivity index (χ0v) is 18.1. The van der Waals surface area contributed by atoms with Crippen LogP contribution in [0.15, 0.2) is 60.8 Å². The van der Waals surface area contributed by atoms with Crippen LogP contribution < -0.4 is 10.2 Å². The Morgan fingerprint density at radius 3 is 2.56 bits per heavy atom. The van der Waals surface area contributed by atoms with Crippen molar-refractivity contribution in [2.75, 3.05) is 23.3 Å². The molecule has 1 aromatic carbocycles. The van der Waals surface area contributed by atoms with Gasteiger partial charge < -0.3 is 10.2 Å². The van der Waals surface area contributed by atoms with Crippen molar-refractivity contribution in [2.45, 2.75) is 26.7 Å². The minimum Gasteiger partial charge on any atom is -0.357 e. The molecule has 1 amide bonds. The Balaban J connectivity index is 1.61. The minimum absolute atomic E-state index is 0.305. The van der Waals surface area contributed by atoms with Crippen LogP contribution in [0, 0.1) is 5.82 Å². The number of fused-ring (bicyclic) bond motifs is 1. The van der Waals surface area contributed by atoms with Gasteiger partial charge in [-0.2, -0.15) is 9.61 Å². The molecule has 0 fully saturated rings. The van der Waals surface area contributed by atoms with E-state index in [1.165, 1.54) is 16.8 Å². The minimum atomic E-state index is -0.366. The van der Waals surface area contributed by atoms with Gasteiger partial charge >= 0.3 is 0 Å². The molecule has 1 N–H and O–H groups in total. The van der Waals surface area contributed by atoms with Crippen molar-refractivity contribution in [2.24, 2.45) is 0 Å². The van der Waals surface area contributed by atoms with Crippen LogP contribution in [0.5, 0.6) is 0 Å². The summed E-state index contributed by atoms with van der Waals surface area (Å²) in [6.07, 6.45) is 3.52. The molecule has 0 spiro atoms. The van der Waals surface area contributed by atoms with Crippen LogP contribution in [0.3, 0.4) is 0 Å². The molecule has 0 radical (unpaired) electrons. The molecule has 0 saturated heterocycles. The summed E-state index contributed by atoms with van der Waals surface area (Å²) >= 11 is 0. The van der Waals surface area contributed by atoms with Gasteiger partial charge in [0.2, 0.25) is 0 Å². The summed E-state index contributed by atoms with van der Waals surface area (Å²) in [5.41, 5.74) is 1.67. The predicted octanol–water partition coefficient (Wildman–Crippen LogP) is 4.81. The van der Waals surface area contributed by atoms with Gasteiger partial charge in [0.1, 0.15) is 17.3 Å². The van der Waals surface area contributed by atoms with E-state index in [2.05, 4.69) is 39.1 Å². The van der Waals surface area contributed by atoms with E-state index >= 15 is 0 Å². The standard InChI is InChI=1S/C24H25FN6O/c1-3-14-30(15-4-2)22-11-7-10-20(27-22)24(32)28-23-16-26-21-13-12-19(29-31(21)23)17-8-5-6-9-18(17)25/h5-13,16H,3-4,14-15H2,1-2H3,(H,28,32). The van der Waals surface area contributed by atoms with Gasteiger partial charge in [0.25, 0.3) is 5.91 Å². The third kappa shape index (κ3) is 4.44. The number of hydrogen-bond donors (Lipinski definition) is 1. The number of nitrogens with one attached hydrogen (secondary N) is 1. The number of carbonyl (C=O) groups excluding carboxylic acids is 1. The molecule has 8 heteroatoms. The van der Waals surface area contributed by atoms with E-state index in [0.717, 1.165) is 31.7 Å². The average Bonchev–Trinajstić information content (AvgIpc) is 3.21. The van der Waals surface area contributed by atoms with E-state index in [-0.39, 0.29) is 11.7 Å². The number of anilines is 2. The number of rotatable bonds is 8. The van der Waals surface area contributed by atoms with E-state index in [4.69, 9.17) is 0 Å². The number of hydrogen-bond acceptors (Lipinski definition) is 5. The first kappa shape index (κ1) is 21.4. The largest absolute Gasteiger partial charge is 0.357 e. The lowest BCUT2D eigenvalue weighted by Gasteiger charge is -2.22. The second kappa shape index (κ2) is 9.55. The summed E-state index contributed by atoms with van der Waals surface area (Å²) in [5.74, 6) is 0.434. The second-order valence-electron chi connectivity index (χ2n) is 7.43. The molecule has 32 heavy (non-hydrogen) atoms. The molecule has 4 rings (SSSR count). The summed E-state index contributed by atoms with van der Waals surface area (Å²) in [5, 5.41) is 7.31. The second-order valence-corrected chi connectivity index (χ2v) is 7.43. The summed E-state index contributed by atoms with van der Waals surface area (Å²) in [6.45, 7) is 5.99. The van der Waals surface area contributed by atoms with Gasteiger partial charge in [-0.25, -0.2) is 14.4 Å². The molecule has 4 aromatic rings. The Bertz CT molecular complexity index is 1230. The fourth-order valence-corrected chi connectivity index (χ4v) is 3.56. The first-order chi connectivity index (χ1) is 15.6. The Kier molecular flexibility index (Phi) is 6.39. The van der Waals surface area contributed by atoms with E-state index in [1.807, 2.05) is 12.1 Å². The molecule has 0 aliphatic rings. The third-order valence-corrected chi connectivity index (χ3v) is 5.03. The number of carbonyl (C=O) groups is 1. The first-order valence-corrected chi connectivity index (χ1v) is 10.7. The van der Waals surface area contributed by atoms with E-state index < -0.39 is 0 Å². The van der Waals surface area contributed by atoms with Gasteiger partial charge in [-0.15, -0.1) is 0 Å². The molecule has 164 valence electrons. The highest BCUT2D eigenvalue weighted by atomic mass is 19.1. The lowest BCUT2D eigenvalue weighted by molar-refractivity contribution is 0.102. The quantitative estimate of drug-likeness (QED) is 0.432. The summed E-state index contributed by atoms with van der Waals surface area (Å²) in [7, 11) is 0. The first-order valence-electron chi connectivity index (χ1n) is 10.7. The van der Waals surface area contributed by atoms with E-state index in [9.17, 15) is 9.18 Å². The maximum atomic E-state index is 14.2. The van der Waals surface area contributed by atoms with Gasteiger partial charge in [-0.1, -0.05) is 32.0 Å². The predicted molar refractivity (Wildman–Crippen MR) is 123 cm³/mol. The number of benzene rings is 1. The van der Waals surface area contributed by atoms with Gasteiger partial charge in [0, 0.05) is 18.7 Å². The number of aromatic nitrogens is 4. The molecular formula is C24H25FN6O. The fraction of sp³-hybridized carbons (Fsp3) is 0.250. The van der Waals surface area contributed by atoms with E-state index in [0.29, 0.717) is 28.4 Å². The lowest BCUT2D eigenvalue weighted by atomic mass is 10.1. The van der Waals surface area contributed by atoms with Gasteiger partial charge in [0.15, 0.2) is 11.5 Å². The molecule has 0 atom stereocenters. The maximum absolute atomic E-state index is 14.2. The van der Waals surface area contributed by atoms with Crippen molar-refractivity contribution in [3.8, 4) is 11.3 Å². The molecule has 3 aromatic heterocycles. The Labute approximate surface area is 185 Å². The van der Waals surface area contributed by atoms with Crippen LogP contribution in [-0.4, -0.2) is 38.6 Å². The summed E-state index contributed by atoms with van der Waals surface area (Å²) in [4.78, 5) is 24.0. The molecule has 0 saturated carbocycles. The SMILES string of the molecule is CCCN(CCC)c1cccc(C(=O)Nc2cnc3ccc(-c4ccccc4F)nn23)n1. The molecule has 0 aliphatic heterocycles. The molecule has 0 unspecified atom stereocenters. The van der Waals surface area contributed by atoms with Crippen LogP contribution in [0.2, 0.25) is 0 Å². The van der Waals surface area contributed by atoms with Gasteiger partial charge in [-0.05, 0) is 49.2 Å². The van der Waals surface area contributed by atoms with Crippen molar-refractivity contribution in [1.29, 1.82) is 0 Å². The molecule has 3 heterocycles. The molecule has 0 aliphatic carbocycles. The highest BCUT2D eigenvalue weighted by Crippen LogP contribution is 2.22. The third-order valence-electron chi connectivity index (χ3n) is 5.03. The smallest absolute Gasteiger partial charge is 0.275 e. The van der Waals surface area contributed by atoms with Crippen molar-refractivity contribution < 1.29 is 9.18 Å². The zero-order chi connectivity index (χ0) is 22.5. The molecule has 7 nitrogen and oxygen atoms in total. The number of nitrogens with zero attached hydrogens (tertiary/aromatic N) is 5. The fourth-order valence-electron chi connectivity index (χ4n) is 3.56. The van der Waals surface area contributed by atoms with Crippen molar-refractivity contribution in [3.63, 3.8) is 0 Å². The summed E-state index contributed by atoms with van der Waals surface area (Å²) < 4.78 is 15.7. The monoisotopic (exact) mass is 432 g/mol. The maximum Gasteiger partial charge on any atom is 0.275 e. The molecule has 0 bridgehead atoms. The van der Waals surface area contributed by atoms with Gasteiger partial charge in [0.05, 0.1) is 11.9 Å². The number of halogens is 1. The van der Waals surface area contributed by atoms with Crippen LogP contribution in [0.1, 0.15) is 37.2 Å². The highest BCUT2D eigenvalue weighted by Gasteiger charge is 2.15. The summed E-state index contributed by atoms with van der Waals surface area (Å²) in [6, 6.07) is 15.3. The average molecular weight is 433 g/mol. The van der Waals surface area contributed by atoms with Gasteiger partial charge in [-0.3, -0.25) is 4.79 Å². The number of imidazole rings is 1. The molecular weight excluding hydrogens is 407 g/mol. The zero-order valence-electron chi connectivity index (χ0n) is 18.1. The Morgan fingerprint density at radius 1 is 1.03 bits per heavy atom. The Hall–Kier alpha value is -3.81.